The molecule has 1 fully saturated rings. The minimum absolute atomic E-state index is 0.145. The van der Waals surface area contributed by atoms with Gasteiger partial charge in [0.1, 0.15) is 23.3 Å². The highest BCUT2D eigenvalue weighted by Gasteiger charge is 2.44. The van der Waals surface area contributed by atoms with E-state index in [-0.39, 0.29) is 29.7 Å². The van der Waals surface area contributed by atoms with Gasteiger partial charge in [0, 0.05) is 68.5 Å². The number of hydrogen-bond acceptors (Lipinski definition) is 8. The van der Waals surface area contributed by atoms with Crippen LogP contribution in [0, 0.1) is 11.0 Å². The number of ether oxygens (including phenoxy) is 1. The standard InChI is InChI=1S/C27H24ClFN6O4S/c1-16-33-25-15-32-24-14-23(29)20(19-5-4-18(12-22(19)28)39-27-30-8-3-9-31-27)13-21(24)26(25)35(16,36)17-6-10-34(11-7-17)40(2,37)38/h3-5,8-9,12-15,17H,6-7,10-11H2,1-2H3. The molecule has 2 aliphatic rings. The van der Waals surface area contributed by atoms with Crippen LogP contribution >= 0.6 is 11.6 Å². The molecule has 0 aliphatic carbocycles. The third-order valence-corrected chi connectivity index (χ3v) is 9.01. The number of aliphatic imine (C=N–C) groups is 1. The summed E-state index contributed by atoms with van der Waals surface area (Å²) in [5, 5.41) is 15.4. The van der Waals surface area contributed by atoms with Gasteiger partial charge in [0.05, 0.1) is 28.4 Å². The molecule has 1 saturated heterocycles. The van der Waals surface area contributed by atoms with E-state index in [9.17, 15) is 13.6 Å². The second kappa shape index (κ2) is 9.82. The van der Waals surface area contributed by atoms with Crippen molar-refractivity contribution in [2.75, 3.05) is 19.3 Å². The van der Waals surface area contributed by atoms with E-state index in [4.69, 9.17) is 16.3 Å². The van der Waals surface area contributed by atoms with E-state index in [0.29, 0.717) is 52.3 Å². The van der Waals surface area contributed by atoms with Crippen LogP contribution in [-0.2, 0) is 10.0 Å². The fourth-order valence-corrected chi connectivity index (χ4v) is 6.59. The number of amidine groups is 1. The molecule has 0 bridgehead atoms. The molecule has 0 amide bonds. The van der Waals surface area contributed by atoms with E-state index < -0.39 is 26.5 Å². The van der Waals surface area contributed by atoms with Gasteiger partial charge in [0.15, 0.2) is 5.69 Å². The summed E-state index contributed by atoms with van der Waals surface area (Å²) in [6.07, 6.45) is 6.46. The van der Waals surface area contributed by atoms with Crippen molar-refractivity contribution >= 4 is 49.7 Å². The van der Waals surface area contributed by atoms with Gasteiger partial charge in [0.2, 0.25) is 15.9 Å². The SMILES string of the molecule is CC1=Nc2cnc3cc(F)c(-c4ccc(Oc5ncccn5)cc4Cl)cc3c2[N+]1([O-])C1CCN(S(C)(=O)=O)CC1. The van der Waals surface area contributed by atoms with Crippen LogP contribution in [0.4, 0.5) is 15.8 Å². The van der Waals surface area contributed by atoms with E-state index in [1.54, 1.807) is 49.6 Å². The lowest BCUT2D eigenvalue weighted by molar-refractivity contribution is 0.248. The van der Waals surface area contributed by atoms with Crippen LogP contribution in [0.1, 0.15) is 19.8 Å². The van der Waals surface area contributed by atoms with E-state index >= 15 is 4.39 Å². The van der Waals surface area contributed by atoms with Gasteiger partial charge in [0.25, 0.3) is 0 Å². The largest absolute Gasteiger partial charge is 0.621 e. The predicted octanol–water partition coefficient (Wildman–Crippen LogP) is 5.57. The molecule has 1 unspecified atom stereocenters. The first kappa shape index (κ1) is 26.7. The van der Waals surface area contributed by atoms with E-state index in [1.165, 1.54) is 22.8 Å². The number of hydrogen-bond donors (Lipinski definition) is 0. The van der Waals surface area contributed by atoms with Gasteiger partial charge >= 0.3 is 6.01 Å². The van der Waals surface area contributed by atoms with Crippen molar-refractivity contribution in [3.05, 3.63) is 71.0 Å². The van der Waals surface area contributed by atoms with Gasteiger partial charge in [-0.2, -0.15) is 4.99 Å². The number of hydroxylamine groups is 2. The van der Waals surface area contributed by atoms with Crippen LogP contribution in [0.5, 0.6) is 11.8 Å². The number of fused-ring (bicyclic) bond motifs is 3. The predicted molar refractivity (Wildman–Crippen MR) is 152 cm³/mol. The number of rotatable bonds is 5. The maximum Gasteiger partial charge on any atom is 0.321 e. The molecule has 6 rings (SSSR count). The zero-order chi connectivity index (χ0) is 28.2. The summed E-state index contributed by atoms with van der Waals surface area (Å²) in [7, 11) is -3.35. The number of sulfonamides is 1. The summed E-state index contributed by atoms with van der Waals surface area (Å²) in [6.45, 7) is 2.16. The van der Waals surface area contributed by atoms with Gasteiger partial charge in [-0.15, -0.1) is 0 Å². The van der Waals surface area contributed by atoms with Crippen molar-refractivity contribution in [1.29, 1.82) is 0 Å². The molecule has 2 aliphatic heterocycles. The molecule has 0 spiro atoms. The quantitative estimate of drug-likeness (QED) is 0.223. The van der Waals surface area contributed by atoms with E-state index in [0.717, 1.165) is 0 Å². The number of halogens is 2. The first-order valence-corrected chi connectivity index (χ1v) is 14.8. The molecule has 0 N–H and O–H groups in total. The Morgan fingerprint density at radius 2 is 1.82 bits per heavy atom. The lowest BCUT2D eigenvalue weighted by Gasteiger charge is -2.47. The van der Waals surface area contributed by atoms with Gasteiger partial charge in [-0.1, -0.05) is 11.6 Å². The van der Waals surface area contributed by atoms with Gasteiger partial charge < -0.3 is 9.94 Å². The average Bonchev–Trinajstić information content (AvgIpc) is 3.19. The van der Waals surface area contributed by atoms with E-state index in [2.05, 4.69) is 19.9 Å². The summed E-state index contributed by atoms with van der Waals surface area (Å²) in [4.78, 5) is 16.9. The molecule has 40 heavy (non-hydrogen) atoms. The second-order valence-corrected chi connectivity index (χ2v) is 12.2. The second-order valence-electron chi connectivity index (χ2n) is 9.83. The number of aromatic nitrogens is 3. The van der Waals surface area contributed by atoms with Crippen molar-refractivity contribution in [3.63, 3.8) is 0 Å². The van der Waals surface area contributed by atoms with Crippen molar-refractivity contribution in [3.8, 4) is 22.9 Å². The highest BCUT2D eigenvalue weighted by Crippen LogP contribution is 2.49. The molecule has 2 aromatic carbocycles. The molecule has 206 valence electrons. The highest BCUT2D eigenvalue weighted by atomic mass is 35.5. The van der Waals surface area contributed by atoms with Gasteiger partial charge in [-0.3, -0.25) is 9.63 Å². The Morgan fingerprint density at radius 1 is 1.10 bits per heavy atom. The minimum Gasteiger partial charge on any atom is -0.621 e. The van der Waals surface area contributed by atoms with E-state index in [1.807, 2.05) is 0 Å². The molecule has 0 radical (unpaired) electrons. The first-order valence-electron chi connectivity index (χ1n) is 12.5. The van der Waals surface area contributed by atoms with Crippen LogP contribution in [0.25, 0.3) is 22.0 Å². The molecule has 4 aromatic rings. The fraction of sp³-hybridized carbons (Fsp3) is 0.259. The number of pyridine rings is 1. The fourth-order valence-electron chi connectivity index (χ4n) is 5.44. The van der Waals surface area contributed by atoms with Crippen LogP contribution in [-0.4, -0.2) is 58.9 Å². The van der Waals surface area contributed by atoms with Crippen molar-refractivity contribution in [2.45, 2.75) is 25.8 Å². The summed E-state index contributed by atoms with van der Waals surface area (Å²) in [5.74, 6) is 0.155. The van der Waals surface area contributed by atoms with Gasteiger partial charge in [-0.25, -0.2) is 27.1 Å². The zero-order valence-electron chi connectivity index (χ0n) is 21.6. The smallest absolute Gasteiger partial charge is 0.321 e. The molecule has 1 atom stereocenters. The minimum atomic E-state index is -3.35. The Bertz CT molecular complexity index is 1780. The molecule has 0 saturated carbocycles. The summed E-state index contributed by atoms with van der Waals surface area (Å²) < 4.78 is 45.7. The maximum absolute atomic E-state index is 15.4. The Kier molecular flexibility index (Phi) is 6.55. The molecule has 10 nitrogen and oxygen atoms in total. The zero-order valence-corrected chi connectivity index (χ0v) is 23.2. The summed E-state index contributed by atoms with van der Waals surface area (Å²) >= 11 is 6.58. The monoisotopic (exact) mass is 582 g/mol. The number of piperidine rings is 1. The lowest BCUT2D eigenvalue weighted by atomic mass is 9.98. The van der Waals surface area contributed by atoms with Crippen LogP contribution in [0.15, 0.2) is 60.0 Å². The van der Waals surface area contributed by atoms with Crippen LogP contribution in [0.3, 0.4) is 0 Å². The lowest BCUT2D eigenvalue weighted by Crippen LogP contribution is -2.58. The third-order valence-electron chi connectivity index (χ3n) is 7.39. The topological polar surface area (TPSA) is 121 Å². The van der Waals surface area contributed by atoms with Gasteiger partial charge in [-0.05, 0) is 24.3 Å². The van der Waals surface area contributed by atoms with Crippen LogP contribution in [0.2, 0.25) is 5.02 Å². The Balaban J connectivity index is 1.41. The maximum atomic E-state index is 15.4. The Morgan fingerprint density at radius 3 is 2.50 bits per heavy atom. The molecular weight excluding hydrogens is 559 g/mol. The number of quaternary nitrogens is 1. The number of benzene rings is 2. The number of nitrogens with zero attached hydrogens (tertiary/aromatic N) is 6. The summed E-state index contributed by atoms with van der Waals surface area (Å²) in [6, 6.07) is 9.03. The first-order chi connectivity index (χ1) is 19.1. The molecule has 2 aromatic heterocycles. The molecule has 13 heteroatoms. The Labute approximate surface area is 235 Å². The Hall–Kier alpha value is -3.55. The van der Waals surface area contributed by atoms with Crippen molar-refractivity contribution in [1.82, 2.24) is 23.9 Å². The molecule has 4 heterocycles. The average molecular weight is 583 g/mol. The molecular formula is C27H24ClFN6O4S. The van der Waals surface area contributed by atoms with Crippen molar-refractivity contribution in [2.24, 2.45) is 4.99 Å². The van der Waals surface area contributed by atoms with Crippen molar-refractivity contribution < 1.29 is 17.5 Å². The normalized spacial score (nSPS) is 20.0. The summed E-state index contributed by atoms with van der Waals surface area (Å²) in [5.41, 5.74) is 1.70. The van der Waals surface area contributed by atoms with Crippen LogP contribution < -0.4 is 9.38 Å². The highest BCUT2D eigenvalue weighted by molar-refractivity contribution is 7.88. The third kappa shape index (κ3) is 4.51.